The van der Waals surface area contributed by atoms with Gasteiger partial charge in [0, 0.05) is 19.8 Å². The van der Waals surface area contributed by atoms with Gasteiger partial charge in [-0.2, -0.15) is 0 Å². The fraction of sp³-hybridized carbons (Fsp3) is 0.556. The van der Waals surface area contributed by atoms with Gasteiger partial charge in [-0.1, -0.05) is 0 Å². The number of amides is 2. The van der Waals surface area contributed by atoms with Gasteiger partial charge in [0.2, 0.25) is 0 Å². The minimum atomic E-state index is -0.659. The number of Topliss-reactive ketones (excluding diaryl/α,β-unsaturated/α-hetero) is 1. The number of nitrogens with zero attached hydrogens (tertiary/aromatic N) is 1. The van der Waals surface area contributed by atoms with E-state index in [1.807, 2.05) is 0 Å². The number of imide groups is 1. The SMILES string of the molecule is CC(=O)ON1C(=O)CCC1=O.CC(C)=O. The minimum Gasteiger partial charge on any atom is -0.331 e. The summed E-state index contributed by atoms with van der Waals surface area (Å²) in [6.45, 7) is 4.19. The second kappa shape index (κ2) is 5.90. The van der Waals surface area contributed by atoms with Gasteiger partial charge in [-0.3, -0.25) is 9.59 Å². The summed E-state index contributed by atoms with van der Waals surface area (Å²) in [7, 11) is 0. The average Bonchev–Trinajstić information content (AvgIpc) is 2.34. The molecule has 1 heterocycles. The molecule has 6 nitrogen and oxygen atoms in total. The van der Waals surface area contributed by atoms with E-state index in [0.717, 1.165) is 6.92 Å². The zero-order valence-electron chi connectivity index (χ0n) is 8.90. The molecule has 1 aliphatic rings. The van der Waals surface area contributed by atoms with Gasteiger partial charge in [0.1, 0.15) is 5.78 Å². The lowest BCUT2D eigenvalue weighted by Crippen LogP contribution is -2.30. The number of carbonyl (C=O) groups excluding carboxylic acids is 4. The lowest BCUT2D eigenvalue weighted by Gasteiger charge is -2.09. The summed E-state index contributed by atoms with van der Waals surface area (Å²) in [5.41, 5.74) is 0. The summed E-state index contributed by atoms with van der Waals surface area (Å²) in [5, 5.41) is 0.516. The molecule has 15 heavy (non-hydrogen) atoms. The number of hydrogen-bond acceptors (Lipinski definition) is 5. The summed E-state index contributed by atoms with van der Waals surface area (Å²) in [6.07, 6.45) is 0.262. The van der Waals surface area contributed by atoms with E-state index in [1.54, 1.807) is 0 Å². The number of hydroxylamine groups is 2. The summed E-state index contributed by atoms with van der Waals surface area (Å²) < 4.78 is 0. The molecule has 1 saturated heterocycles. The summed E-state index contributed by atoms with van der Waals surface area (Å²) in [5.74, 6) is -1.40. The Labute approximate surface area is 87.1 Å². The monoisotopic (exact) mass is 215 g/mol. The minimum absolute atomic E-state index is 0.131. The standard InChI is InChI=1S/C6H7NO4.C3H6O/c1-4(8)11-7-5(9)2-3-6(7)10;1-3(2)4/h2-3H2,1H3;1-2H3. The van der Waals surface area contributed by atoms with Gasteiger partial charge < -0.3 is 9.63 Å². The van der Waals surface area contributed by atoms with E-state index in [4.69, 9.17) is 0 Å². The number of carbonyl (C=O) groups is 4. The molecule has 1 rings (SSSR count). The largest absolute Gasteiger partial charge is 0.331 e. The topological polar surface area (TPSA) is 80.8 Å². The van der Waals surface area contributed by atoms with Gasteiger partial charge in [-0.25, -0.2) is 4.79 Å². The summed E-state index contributed by atoms with van der Waals surface area (Å²) in [6, 6.07) is 0. The molecule has 0 spiro atoms. The van der Waals surface area contributed by atoms with E-state index in [1.165, 1.54) is 13.8 Å². The predicted molar refractivity (Wildman–Crippen MR) is 49.2 cm³/mol. The number of ketones is 1. The first-order valence-corrected chi connectivity index (χ1v) is 4.36. The van der Waals surface area contributed by atoms with Crippen molar-refractivity contribution in [2.24, 2.45) is 0 Å². The first-order chi connectivity index (χ1) is 6.84. The average molecular weight is 215 g/mol. The summed E-state index contributed by atoms with van der Waals surface area (Å²) in [4.78, 5) is 45.6. The van der Waals surface area contributed by atoms with Crippen molar-refractivity contribution in [3.05, 3.63) is 0 Å². The Kier molecular flexibility index (Phi) is 5.22. The van der Waals surface area contributed by atoms with Crippen LogP contribution < -0.4 is 0 Å². The third kappa shape index (κ3) is 5.56. The van der Waals surface area contributed by atoms with Crippen LogP contribution in [0.2, 0.25) is 0 Å². The van der Waals surface area contributed by atoms with Crippen LogP contribution in [0.3, 0.4) is 0 Å². The molecule has 0 atom stereocenters. The fourth-order valence-corrected chi connectivity index (χ4v) is 0.786. The molecule has 1 fully saturated rings. The Bertz CT molecular complexity index is 277. The van der Waals surface area contributed by atoms with Gasteiger partial charge in [0.05, 0.1) is 0 Å². The first kappa shape index (κ1) is 13.3. The molecule has 1 aliphatic heterocycles. The van der Waals surface area contributed by atoms with Gasteiger partial charge in [0.25, 0.3) is 11.8 Å². The Morgan fingerprint density at radius 1 is 1.07 bits per heavy atom. The molecule has 0 aromatic carbocycles. The Morgan fingerprint density at radius 2 is 1.40 bits per heavy atom. The predicted octanol–water partition coefficient (Wildman–Crippen LogP) is 0.209. The van der Waals surface area contributed by atoms with Crippen molar-refractivity contribution in [3.8, 4) is 0 Å². The van der Waals surface area contributed by atoms with Crippen molar-refractivity contribution >= 4 is 23.6 Å². The molecule has 0 bridgehead atoms. The van der Waals surface area contributed by atoms with E-state index >= 15 is 0 Å². The molecular formula is C9H13NO5. The van der Waals surface area contributed by atoms with Crippen molar-refractivity contribution in [1.29, 1.82) is 0 Å². The van der Waals surface area contributed by atoms with Crippen LogP contribution in [0.4, 0.5) is 0 Å². The quantitative estimate of drug-likeness (QED) is 0.584. The van der Waals surface area contributed by atoms with Crippen LogP contribution in [0.25, 0.3) is 0 Å². The van der Waals surface area contributed by atoms with Crippen molar-refractivity contribution in [3.63, 3.8) is 0 Å². The summed E-state index contributed by atoms with van der Waals surface area (Å²) >= 11 is 0. The van der Waals surface area contributed by atoms with E-state index < -0.39 is 17.8 Å². The molecule has 6 heteroatoms. The molecule has 0 N–H and O–H groups in total. The number of rotatable bonds is 1. The van der Waals surface area contributed by atoms with Crippen molar-refractivity contribution < 1.29 is 24.0 Å². The van der Waals surface area contributed by atoms with Gasteiger partial charge >= 0.3 is 5.97 Å². The molecule has 0 aromatic rings. The van der Waals surface area contributed by atoms with E-state index in [0.29, 0.717) is 5.06 Å². The highest BCUT2D eigenvalue weighted by molar-refractivity contribution is 6.01. The molecule has 0 saturated carbocycles. The Morgan fingerprint density at radius 3 is 1.67 bits per heavy atom. The van der Waals surface area contributed by atoms with Gasteiger partial charge in [-0.15, -0.1) is 5.06 Å². The van der Waals surface area contributed by atoms with Gasteiger partial charge in [-0.05, 0) is 13.8 Å². The van der Waals surface area contributed by atoms with Crippen LogP contribution in [0.5, 0.6) is 0 Å². The number of hydrogen-bond donors (Lipinski definition) is 0. The molecule has 0 aromatic heterocycles. The third-order valence-corrected chi connectivity index (χ3v) is 1.23. The molecule has 0 aliphatic carbocycles. The highest BCUT2D eigenvalue weighted by Crippen LogP contribution is 2.11. The highest BCUT2D eigenvalue weighted by Gasteiger charge is 2.31. The van der Waals surface area contributed by atoms with E-state index in [2.05, 4.69) is 4.84 Å². The second-order valence-corrected chi connectivity index (χ2v) is 3.07. The fourth-order valence-electron chi connectivity index (χ4n) is 0.786. The second-order valence-electron chi connectivity index (χ2n) is 3.07. The van der Waals surface area contributed by atoms with Crippen LogP contribution in [0, 0.1) is 0 Å². The smallest absolute Gasteiger partial charge is 0.330 e. The van der Waals surface area contributed by atoms with Crippen molar-refractivity contribution in [2.45, 2.75) is 33.6 Å². The third-order valence-electron chi connectivity index (χ3n) is 1.23. The van der Waals surface area contributed by atoms with Crippen LogP contribution in [-0.4, -0.2) is 28.6 Å². The maximum atomic E-state index is 10.7. The van der Waals surface area contributed by atoms with Crippen molar-refractivity contribution in [1.82, 2.24) is 5.06 Å². The van der Waals surface area contributed by atoms with Crippen molar-refractivity contribution in [2.75, 3.05) is 0 Å². The lowest BCUT2D eigenvalue weighted by molar-refractivity contribution is -0.195. The normalized spacial score (nSPS) is 14.5. The Hall–Kier alpha value is -1.72. The highest BCUT2D eigenvalue weighted by atomic mass is 16.7. The van der Waals surface area contributed by atoms with Crippen LogP contribution in [-0.2, 0) is 24.0 Å². The van der Waals surface area contributed by atoms with Crippen LogP contribution in [0.1, 0.15) is 33.6 Å². The zero-order valence-corrected chi connectivity index (χ0v) is 8.90. The first-order valence-electron chi connectivity index (χ1n) is 4.36. The molecule has 84 valence electrons. The van der Waals surface area contributed by atoms with E-state index in [9.17, 15) is 19.2 Å². The molecule has 0 radical (unpaired) electrons. The van der Waals surface area contributed by atoms with E-state index in [-0.39, 0.29) is 18.6 Å². The molecule has 0 unspecified atom stereocenters. The Balaban J connectivity index is 0.000000423. The van der Waals surface area contributed by atoms with Crippen LogP contribution >= 0.6 is 0 Å². The van der Waals surface area contributed by atoms with Crippen LogP contribution in [0.15, 0.2) is 0 Å². The van der Waals surface area contributed by atoms with Gasteiger partial charge in [0.15, 0.2) is 0 Å². The maximum absolute atomic E-state index is 10.7. The zero-order chi connectivity index (χ0) is 12.0. The maximum Gasteiger partial charge on any atom is 0.330 e. The molecular weight excluding hydrogens is 202 g/mol. The molecule has 2 amide bonds. The lowest BCUT2D eigenvalue weighted by atomic mass is 10.4.